The van der Waals surface area contributed by atoms with Gasteiger partial charge in [-0.1, -0.05) is 17.7 Å². The Balaban J connectivity index is 2.20. The Hall–Kier alpha value is -2.58. The van der Waals surface area contributed by atoms with E-state index in [9.17, 15) is 18.3 Å². The Kier molecular flexibility index (Phi) is 4.88. The summed E-state index contributed by atoms with van der Waals surface area (Å²) in [5, 5.41) is 14.7. The van der Waals surface area contributed by atoms with Crippen molar-refractivity contribution in [3.63, 3.8) is 0 Å². The van der Waals surface area contributed by atoms with Crippen LogP contribution in [0.5, 0.6) is 11.5 Å². The number of carbonyl (C=O) groups is 1. The van der Waals surface area contributed by atoms with Crippen LogP contribution < -0.4 is 14.8 Å². The molecule has 0 amide bonds. The number of rotatable bonds is 5. The largest absolute Gasteiger partial charge is 0.478 e. The highest BCUT2D eigenvalue weighted by Gasteiger charge is 2.27. The molecule has 3 N–H and O–H groups in total. The summed E-state index contributed by atoms with van der Waals surface area (Å²) in [6.45, 7) is 3.31. The summed E-state index contributed by atoms with van der Waals surface area (Å²) < 4.78 is 30.1. The Morgan fingerprint density at radius 3 is 2.31 bits per heavy atom. The highest BCUT2D eigenvalue weighted by molar-refractivity contribution is 7.89. The van der Waals surface area contributed by atoms with Crippen LogP contribution in [0.4, 0.5) is 5.69 Å². The predicted octanol–water partition coefficient (Wildman–Crippen LogP) is 2.73. The van der Waals surface area contributed by atoms with E-state index < -0.39 is 16.0 Å². The Morgan fingerprint density at radius 1 is 1.15 bits per heavy atom. The van der Waals surface area contributed by atoms with Crippen LogP contribution in [0.3, 0.4) is 0 Å². The normalized spacial score (nSPS) is 14.5. The number of anilines is 1. The van der Waals surface area contributed by atoms with Gasteiger partial charge >= 0.3 is 5.97 Å². The summed E-state index contributed by atoms with van der Waals surface area (Å²) in [7, 11) is -4.18. The van der Waals surface area contributed by atoms with E-state index in [1.807, 2.05) is 24.0 Å². The third kappa shape index (κ3) is 3.81. The fourth-order valence-electron chi connectivity index (χ4n) is 2.94. The number of hydrogen-bond donors (Lipinski definition) is 2. The average Bonchev–Trinajstić information content (AvgIpc) is 3.10. The molecule has 8 heteroatoms. The molecule has 1 aliphatic heterocycles. The highest BCUT2D eigenvalue weighted by atomic mass is 32.2. The van der Waals surface area contributed by atoms with Crippen molar-refractivity contribution in [3.8, 4) is 11.5 Å². The number of primary sulfonamides is 1. The summed E-state index contributed by atoms with van der Waals surface area (Å²) in [4.78, 5) is 13.0. The molecule has 0 spiro atoms. The number of carboxylic acid groups (broad SMARTS) is 1. The summed E-state index contributed by atoms with van der Waals surface area (Å²) in [5.74, 6) is -0.718. The second-order valence-electron chi connectivity index (χ2n) is 6.28. The van der Waals surface area contributed by atoms with Crippen molar-refractivity contribution in [3.05, 3.63) is 47.5 Å². The molecule has 138 valence electrons. The third-order valence-corrected chi connectivity index (χ3v) is 5.19. The summed E-state index contributed by atoms with van der Waals surface area (Å²) >= 11 is 0. The van der Waals surface area contributed by atoms with Crippen molar-refractivity contribution in [2.24, 2.45) is 5.14 Å². The lowest BCUT2D eigenvalue weighted by Gasteiger charge is -2.23. The summed E-state index contributed by atoms with van der Waals surface area (Å²) in [6, 6.07) is 9.61. The number of benzene rings is 2. The van der Waals surface area contributed by atoms with Crippen LogP contribution in [-0.4, -0.2) is 32.6 Å². The second-order valence-corrected chi connectivity index (χ2v) is 7.81. The van der Waals surface area contributed by atoms with Gasteiger partial charge in [0, 0.05) is 13.1 Å². The van der Waals surface area contributed by atoms with Crippen LogP contribution in [0.2, 0.25) is 0 Å². The van der Waals surface area contributed by atoms with Gasteiger partial charge < -0.3 is 14.7 Å². The Labute approximate surface area is 152 Å². The molecule has 0 saturated carbocycles. The molecule has 7 nitrogen and oxygen atoms in total. The Bertz CT molecular complexity index is 933. The van der Waals surface area contributed by atoms with E-state index in [-0.39, 0.29) is 16.2 Å². The van der Waals surface area contributed by atoms with E-state index >= 15 is 0 Å². The van der Waals surface area contributed by atoms with Crippen LogP contribution in [0.1, 0.15) is 28.8 Å². The number of aryl methyl sites for hydroxylation is 1. The van der Waals surface area contributed by atoms with Gasteiger partial charge in [-0.05, 0) is 44.0 Å². The van der Waals surface area contributed by atoms with Gasteiger partial charge in [-0.2, -0.15) is 0 Å². The average molecular weight is 376 g/mol. The molecule has 0 unspecified atom stereocenters. The van der Waals surface area contributed by atoms with Crippen LogP contribution in [0.25, 0.3) is 0 Å². The van der Waals surface area contributed by atoms with E-state index in [0.29, 0.717) is 24.5 Å². The van der Waals surface area contributed by atoms with Gasteiger partial charge in [0.2, 0.25) is 10.0 Å². The first-order valence-corrected chi connectivity index (χ1v) is 9.74. The smallest absolute Gasteiger partial charge is 0.335 e. The quantitative estimate of drug-likeness (QED) is 0.830. The molecule has 0 atom stereocenters. The third-order valence-electron chi connectivity index (χ3n) is 4.28. The monoisotopic (exact) mass is 376 g/mol. The summed E-state index contributed by atoms with van der Waals surface area (Å²) in [5.41, 5.74) is 1.31. The molecule has 2 aromatic carbocycles. The molecule has 2 aromatic rings. The van der Waals surface area contributed by atoms with Crippen molar-refractivity contribution < 1.29 is 23.1 Å². The lowest BCUT2D eigenvalue weighted by atomic mass is 10.1. The Morgan fingerprint density at radius 2 is 1.77 bits per heavy atom. The van der Waals surface area contributed by atoms with E-state index in [1.165, 1.54) is 6.07 Å². The number of ether oxygens (including phenoxy) is 1. The minimum absolute atomic E-state index is 0.0586. The van der Waals surface area contributed by atoms with Gasteiger partial charge in [0.25, 0.3) is 0 Å². The van der Waals surface area contributed by atoms with Gasteiger partial charge in [-0.15, -0.1) is 0 Å². The SMILES string of the molecule is Cc1ccc(Oc2c(N3CCCC3)cc(C(=O)O)cc2S(N)(=O)=O)cc1. The van der Waals surface area contributed by atoms with Crippen molar-refractivity contribution in [2.45, 2.75) is 24.7 Å². The van der Waals surface area contributed by atoms with E-state index in [0.717, 1.165) is 24.5 Å². The lowest BCUT2D eigenvalue weighted by molar-refractivity contribution is 0.0696. The lowest BCUT2D eigenvalue weighted by Crippen LogP contribution is -2.21. The van der Waals surface area contributed by atoms with Crippen molar-refractivity contribution in [2.75, 3.05) is 18.0 Å². The maximum absolute atomic E-state index is 12.1. The molecule has 1 heterocycles. The fraction of sp³-hybridized carbons (Fsp3) is 0.278. The molecule has 1 saturated heterocycles. The molecule has 3 rings (SSSR count). The number of sulfonamides is 1. The molecule has 0 aliphatic carbocycles. The van der Waals surface area contributed by atoms with Gasteiger partial charge in [0.1, 0.15) is 10.6 Å². The van der Waals surface area contributed by atoms with Crippen molar-refractivity contribution in [1.29, 1.82) is 0 Å². The van der Waals surface area contributed by atoms with Crippen molar-refractivity contribution in [1.82, 2.24) is 0 Å². The van der Waals surface area contributed by atoms with Crippen LogP contribution >= 0.6 is 0 Å². The van der Waals surface area contributed by atoms with Gasteiger partial charge in [-0.25, -0.2) is 18.4 Å². The first kappa shape index (κ1) is 18.2. The maximum atomic E-state index is 12.1. The standard InChI is InChI=1S/C18H20N2O5S/c1-12-4-6-14(7-5-12)25-17-15(20-8-2-3-9-20)10-13(18(21)22)11-16(17)26(19,23)24/h4-7,10-11H,2-3,8-9H2,1H3,(H,21,22)(H2,19,23,24). The molecule has 1 fully saturated rings. The highest BCUT2D eigenvalue weighted by Crippen LogP contribution is 2.40. The van der Waals surface area contributed by atoms with E-state index in [2.05, 4.69) is 0 Å². The molecule has 26 heavy (non-hydrogen) atoms. The zero-order valence-corrected chi connectivity index (χ0v) is 15.1. The number of carboxylic acids is 1. The van der Waals surface area contributed by atoms with E-state index in [4.69, 9.17) is 9.88 Å². The maximum Gasteiger partial charge on any atom is 0.335 e. The van der Waals surface area contributed by atoms with Gasteiger partial charge in [0.05, 0.1) is 11.3 Å². The predicted molar refractivity (Wildman–Crippen MR) is 97.5 cm³/mol. The first-order chi connectivity index (χ1) is 12.3. The topological polar surface area (TPSA) is 110 Å². The summed E-state index contributed by atoms with van der Waals surface area (Å²) in [6.07, 6.45) is 1.87. The van der Waals surface area contributed by atoms with Crippen LogP contribution in [0, 0.1) is 6.92 Å². The second kappa shape index (κ2) is 6.97. The molecule has 1 aliphatic rings. The minimum Gasteiger partial charge on any atom is -0.478 e. The van der Waals surface area contributed by atoms with Crippen LogP contribution in [-0.2, 0) is 10.0 Å². The molecular weight excluding hydrogens is 356 g/mol. The molecule has 0 radical (unpaired) electrons. The van der Waals surface area contributed by atoms with Crippen LogP contribution in [0.15, 0.2) is 41.3 Å². The number of aromatic carboxylic acids is 1. The zero-order chi connectivity index (χ0) is 18.9. The first-order valence-electron chi connectivity index (χ1n) is 8.19. The van der Waals surface area contributed by atoms with Gasteiger partial charge in [0.15, 0.2) is 5.75 Å². The number of hydrogen-bond acceptors (Lipinski definition) is 5. The fourth-order valence-corrected chi connectivity index (χ4v) is 3.64. The zero-order valence-electron chi connectivity index (χ0n) is 14.3. The minimum atomic E-state index is -4.18. The number of nitrogens with zero attached hydrogens (tertiary/aromatic N) is 1. The van der Waals surface area contributed by atoms with Crippen molar-refractivity contribution >= 4 is 21.7 Å². The molecule has 0 aromatic heterocycles. The number of nitrogens with two attached hydrogens (primary N) is 1. The van der Waals surface area contributed by atoms with E-state index in [1.54, 1.807) is 12.1 Å². The molecular formula is C18H20N2O5S. The molecule has 0 bridgehead atoms. The van der Waals surface area contributed by atoms with Gasteiger partial charge in [-0.3, -0.25) is 0 Å².